The molecule has 3 aromatic rings. The van der Waals surface area contributed by atoms with Crippen LogP contribution in [-0.2, 0) is 18.4 Å². The number of para-hydroxylation sites is 2. The number of imidazole rings is 1. The summed E-state index contributed by atoms with van der Waals surface area (Å²) in [6.45, 7) is -0.142. The Labute approximate surface area is 152 Å². The lowest BCUT2D eigenvalue weighted by atomic mass is 10.3. The van der Waals surface area contributed by atoms with Gasteiger partial charge in [-0.05, 0) is 24.3 Å². The van der Waals surface area contributed by atoms with Crippen LogP contribution in [0.5, 0.6) is 0 Å². The SMILES string of the molecule is Cn1c(=O)n(CC(=O)Nc2cc(Cl)c(Cl)cc2Cl)c2ccccc21. The van der Waals surface area contributed by atoms with Crippen LogP contribution in [0, 0.1) is 0 Å². The summed E-state index contributed by atoms with van der Waals surface area (Å²) < 4.78 is 2.89. The van der Waals surface area contributed by atoms with E-state index in [0.29, 0.717) is 16.2 Å². The number of halogens is 3. The first-order chi connectivity index (χ1) is 11.4. The molecule has 0 bridgehead atoms. The molecule has 0 aliphatic carbocycles. The lowest BCUT2D eigenvalue weighted by Crippen LogP contribution is -2.28. The molecule has 0 saturated heterocycles. The number of nitrogens with zero attached hydrogens (tertiary/aromatic N) is 2. The summed E-state index contributed by atoms with van der Waals surface area (Å²) in [6, 6.07) is 10.2. The molecule has 0 spiro atoms. The largest absolute Gasteiger partial charge is 0.329 e. The molecule has 5 nitrogen and oxygen atoms in total. The number of aryl methyl sites for hydroxylation is 1. The second kappa shape index (κ2) is 6.51. The van der Waals surface area contributed by atoms with Crippen molar-refractivity contribution in [1.82, 2.24) is 9.13 Å². The molecule has 0 fully saturated rings. The Morgan fingerprint density at radius 2 is 1.67 bits per heavy atom. The van der Waals surface area contributed by atoms with Crippen LogP contribution in [0.2, 0.25) is 15.1 Å². The number of nitrogens with one attached hydrogen (secondary N) is 1. The van der Waals surface area contributed by atoms with Crippen LogP contribution in [0.15, 0.2) is 41.2 Å². The highest BCUT2D eigenvalue weighted by atomic mass is 35.5. The molecule has 0 radical (unpaired) electrons. The third kappa shape index (κ3) is 3.02. The van der Waals surface area contributed by atoms with Crippen LogP contribution in [0.25, 0.3) is 11.0 Å². The summed E-state index contributed by atoms with van der Waals surface area (Å²) in [4.78, 5) is 24.6. The van der Waals surface area contributed by atoms with Crippen molar-refractivity contribution in [3.05, 3.63) is 62.0 Å². The smallest absolute Gasteiger partial charge is 0.323 e. The minimum absolute atomic E-state index is 0.142. The van der Waals surface area contributed by atoms with E-state index < -0.39 is 5.91 Å². The Kier molecular flexibility index (Phi) is 4.58. The average Bonchev–Trinajstić information content (AvgIpc) is 2.78. The number of benzene rings is 2. The molecule has 1 N–H and O–H groups in total. The average molecular weight is 385 g/mol. The first kappa shape index (κ1) is 16.9. The van der Waals surface area contributed by atoms with Crippen LogP contribution >= 0.6 is 34.8 Å². The van der Waals surface area contributed by atoms with Gasteiger partial charge in [-0.1, -0.05) is 46.9 Å². The second-order valence-corrected chi connectivity index (χ2v) is 6.43. The fraction of sp³-hybridized carbons (Fsp3) is 0.125. The molecule has 0 aliphatic heterocycles. The molecular weight excluding hydrogens is 373 g/mol. The molecule has 8 heteroatoms. The fourth-order valence-electron chi connectivity index (χ4n) is 2.47. The Balaban J connectivity index is 1.90. The molecule has 0 aliphatic rings. The Bertz CT molecular complexity index is 1010. The van der Waals surface area contributed by atoms with Crippen molar-refractivity contribution in [3.63, 3.8) is 0 Å². The van der Waals surface area contributed by atoms with Gasteiger partial charge in [0.1, 0.15) is 6.54 Å². The van der Waals surface area contributed by atoms with Gasteiger partial charge in [0, 0.05) is 7.05 Å². The van der Waals surface area contributed by atoms with E-state index in [2.05, 4.69) is 5.32 Å². The van der Waals surface area contributed by atoms with Crippen LogP contribution in [0.4, 0.5) is 5.69 Å². The zero-order valence-corrected chi connectivity index (χ0v) is 14.8. The quantitative estimate of drug-likeness (QED) is 0.695. The third-order valence-electron chi connectivity index (χ3n) is 3.64. The zero-order chi connectivity index (χ0) is 17.4. The molecule has 1 aromatic heterocycles. The highest BCUT2D eigenvalue weighted by Crippen LogP contribution is 2.32. The highest BCUT2D eigenvalue weighted by molar-refractivity contribution is 6.44. The van der Waals surface area contributed by atoms with E-state index in [9.17, 15) is 9.59 Å². The first-order valence-electron chi connectivity index (χ1n) is 6.97. The highest BCUT2D eigenvalue weighted by Gasteiger charge is 2.15. The number of hydrogen-bond acceptors (Lipinski definition) is 2. The van der Waals surface area contributed by atoms with Crippen LogP contribution in [0.1, 0.15) is 0 Å². The molecule has 0 saturated carbocycles. The normalized spacial score (nSPS) is 11.0. The maximum atomic E-state index is 12.3. The maximum Gasteiger partial charge on any atom is 0.329 e. The molecule has 1 amide bonds. The number of carbonyl (C=O) groups excluding carboxylic acids is 1. The topological polar surface area (TPSA) is 56.0 Å². The molecule has 2 aromatic carbocycles. The molecule has 3 rings (SSSR count). The summed E-state index contributed by atoms with van der Waals surface area (Å²) in [5, 5.41) is 3.48. The number of hydrogen-bond donors (Lipinski definition) is 1. The summed E-state index contributed by atoms with van der Waals surface area (Å²) in [5.41, 5.74) is 1.50. The van der Waals surface area contributed by atoms with Crippen molar-refractivity contribution in [2.45, 2.75) is 6.54 Å². The van der Waals surface area contributed by atoms with E-state index in [1.807, 2.05) is 18.2 Å². The predicted molar refractivity (Wildman–Crippen MR) is 97.3 cm³/mol. The van der Waals surface area contributed by atoms with E-state index in [0.717, 1.165) is 5.52 Å². The van der Waals surface area contributed by atoms with Gasteiger partial charge >= 0.3 is 5.69 Å². The van der Waals surface area contributed by atoms with E-state index >= 15 is 0 Å². The van der Waals surface area contributed by atoms with Gasteiger partial charge in [0.2, 0.25) is 5.91 Å². The van der Waals surface area contributed by atoms with Crippen molar-refractivity contribution in [1.29, 1.82) is 0 Å². The lowest BCUT2D eigenvalue weighted by Gasteiger charge is -2.09. The van der Waals surface area contributed by atoms with Gasteiger partial charge in [-0.3, -0.25) is 13.9 Å². The number of amides is 1. The molecule has 124 valence electrons. The van der Waals surface area contributed by atoms with E-state index in [1.54, 1.807) is 13.1 Å². The number of anilines is 1. The van der Waals surface area contributed by atoms with Gasteiger partial charge in [0.25, 0.3) is 0 Å². The third-order valence-corrected chi connectivity index (χ3v) is 4.67. The van der Waals surface area contributed by atoms with Gasteiger partial charge in [-0.15, -0.1) is 0 Å². The molecule has 1 heterocycles. The first-order valence-corrected chi connectivity index (χ1v) is 8.10. The predicted octanol–water partition coefficient (Wildman–Crippen LogP) is 3.94. The Morgan fingerprint density at radius 1 is 1.04 bits per heavy atom. The molecule has 24 heavy (non-hydrogen) atoms. The van der Waals surface area contributed by atoms with Crippen molar-refractivity contribution >= 4 is 57.4 Å². The monoisotopic (exact) mass is 383 g/mol. The number of aromatic nitrogens is 2. The summed E-state index contributed by atoms with van der Waals surface area (Å²) in [6.07, 6.45) is 0. The van der Waals surface area contributed by atoms with Crippen LogP contribution in [0.3, 0.4) is 0 Å². The number of carbonyl (C=O) groups is 1. The summed E-state index contributed by atoms with van der Waals surface area (Å²) >= 11 is 17.8. The lowest BCUT2D eigenvalue weighted by molar-refractivity contribution is -0.116. The van der Waals surface area contributed by atoms with Crippen LogP contribution in [-0.4, -0.2) is 15.0 Å². The number of rotatable bonds is 3. The minimum Gasteiger partial charge on any atom is -0.323 e. The Morgan fingerprint density at radius 3 is 2.38 bits per heavy atom. The maximum absolute atomic E-state index is 12.3. The molecular formula is C16H12Cl3N3O2. The zero-order valence-electron chi connectivity index (χ0n) is 12.5. The van der Waals surface area contributed by atoms with Crippen molar-refractivity contribution in [2.75, 3.05) is 5.32 Å². The van der Waals surface area contributed by atoms with Gasteiger partial charge in [-0.2, -0.15) is 0 Å². The van der Waals surface area contributed by atoms with E-state index in [-0.39, 0.29) is 22.3 Å². The minimum atomic E-state index is -0.395. The van der Waals surface area contributed by atoms with Gasteiger partial charge in [-0.25, -0.2) is 4.79 Å². The van der Waals surface area contributed by atoms with E-state index in [4.69, 9.17) is 34.8 Å². The van der Waals surface area contributed by atoms with Crippen molar-refractivity contribution < 1.29 is 4.79 Å². The standard InChI is InChI=1S/C16H12Cl3N3O2/c1-21-13-4-2-3-5-14(13)22(16(21)24)8-15(23)20-12-7-10(18)9(17)6-11(12)19/h2-7H,8H2,1H3,(H,20,23). The van der Waals surface area contributed by atoms with Crippen molar-refractivity contribution in [2.24, 2.45) is 7.05 Å². The number of fused-ring (bicyclic) bond motifs is 1. The van der Waals surface area contributed by atoms with E-state index in [1.165, 1.54) is 21.3 Å². The molecule has 0 atom stereocenters. The van der Waals surface area contributed by atoms with Crippen molar-refractivity contribution in [3.8, 4) is 0 Å². The summed E-state index contributed by atoms with van der Waals surface area (Å²) in [7, 11) is 1.66. The van der Waals surface area contributed by atoms with Gasteiger partial charge in [0.05, 0.1) is 31.8 Å². The van der Waals surface area contributed by atoms with Gasteiger partial charge < -0.3 is 5.32 Å². The Hall–Kier alpha value is -1.95. The fourth-order valence-corrected chi connectivity index (χ4v) is 3.06. The van der Waals surface area contributed by atoms with Crippen LogP contribution < -0.4 is 11.0 Å². The molecule has 0 unspecified atom stereocenters. The summed E-state index contributed by atoms with van der Waals surface area (Å²) in [5.74, 6) is -0.395. The second-order valence-electron chi connectivity index (χ2n) is 5.21. The van der Waals surface area contributed by atoms with Gasteiger partial charge in [0.15, 0.2) is 0 Å².